The number of nitrogens with one attached hydrogen (secondary N) is 3. The van der Waals surface area contributed by atoms with Crippen molar-refractivity contribution in [1.29, 1.82) is 0 Å². The molecule has 0 spiro atoms. The maximum atomic E-state index is 12.1. The van der Waals surface area contributed by atoms with E-state index in [4.69, 9.17) is 0 Å². The zero-order chi connectivity index (χ0) is 15.2. The molecule has 1 aromatic rings. The fourth-order valence-corrected chi connectivity index (χ4v) is 2.28. The first-order valence-electron chi connectivity index (χ1n) is 7.11. The number of amides is 3. The summed E-state index contributed by atoms with van der Waals surface area (Å²) in [4.78, 5) is 24.9. The Hall–Kier alpha value is -2.08. The number of benzene rings is 1. The van der Waals surface area contributed by atoms with Crippen LogP contribution in [0.1, 0.15) is 11.1 Å². The number of carbonyl (C=O) groups excluding carboxylic acids is 2. The van der Waals surface area contributed by atoms with E-state index in [1.807, 2.05) is 12.1 Å². The summed E-state index contributed by atoms with van der Waals surface area (Å²) < 4.78 is 0. The van der Waals surface area contributed by atoms with Gasteiger partial charge in [0.15, 0.2) is 0 Å². The quantitative estimate of drug-likeness (QED) is 0.688. The molecular weight excluding hydrogens is 268 g/mol. The van der Waals surface area contributed by atoms with Gasteiger partial charge in [-0.3, -0.25) is 4.79 Å². The Kier molecular flexibility index (Phi) is 5.16. The standard InChI is InChI=1S/C15H22N4O2/c1-19(2)15(21)17-8-7-16-14(20)13-9-11-5-3-4-6-12(11)10-18-13/h3-6,13,18H,7-10H2,1-2H3,(H,16,20)(H,17,21)/t13-/m0/s1. The first-order valence-corrected chi connectivity index (χ1v) is 7.11. The lowest BCUT2D eigenvalue weighted by atomic mass is 9.95. The Labute approximate surface area is 124 Å². The molecule has 3 amide bonds. The second-order valence-corrected chi connectivity index (χ2v) is 5.32. The first-order chi connectivity index (χ1) is 10.1. The van der Waals surface area contributed by atoms with Gasteiger partial charge in [0.2, 0.25) is 5.91 Å². The molecule has 1 aromatic carbocycles. The zero-order valence-corrected chi connectivity index (χ0v) is 12.5. The van der Waals surface area contributed by atoms with Gasteiger partial charge in [0.1, 0.15) is 0 Å². The summed E-state index contributed by atoms with van der Waals surface area (Å²) in [6.07, 6.45) is 0.700. The largest absolute Gasteiger partial charge is 0.353 e. The SMILES string of the molecule is CN(C)C(=O)NCCNC(=O)[C@@H]1Cc2ccccc2CN1. The van der Waals surface area contributed by atoms with Crippen molar-refractivity contribution in [3.05, 3.63) is 35.4 Å². The predicted octanol–water partition coefficient (Wildman–Crippen LogP) is 0.0883. The van der Waals surface area contributed by atoms with E-state index in [1.165, 1.54) is 16.0 Å². The monoisotopic (exact) mass is 290 g/mol. The molecule has 0 radical (unpaired) electrons. The second-order valence-electron chi connectivity index (χ2n) is 5.32. The molecule has 0 unspecified atom stereocenters. The lowest BCUT2D eigenvalue weighted by molar-refractivity contribution is -0.123. The summed E-state index contributed by atoms with van der Waals surface area (Å²) in [5.74, 6) is -0.0244. The van der Waals surface area contributed by atoms with E-state index in [0.29, 0.717) is 26.1 Å². The molecule has 0 saturated carbocycles. The molecule has 1 aliphatic heterocycles. The Balaban J connectivity index is 1.74. The molecule has 114 valence electrons. The van der Waals surface area contributed by atoms with E-state index in [0.717, 1.165) is 0 Å². The minimum Gasteiger partial charge on any atom is -0.353 e. The maximum Gasteiger partial charge on any atom is 0.316 e. The van der Waals surface area contributed by atoms with Crippen LogP contribution in [0.5, 0.6) is 0 Å². The van der Waals surface area contributed by atoms with Crippen LogP contribution in [0.2, 0.25) is 0 Å². The molecule has 21 heavy (non-hydrogen) atoms. The van der Waals surface area contributed by atoms with E-state index in [9.17, 15) is 9.59 Å². The molecule has 6 nitrogen and oxygen atoms in total. The number of carbonyl (C=O) groups is 2. The predicted molar refractivity (Wildman–Crippen MR) is 80.9 cm³/mol. The molecule has 0 fully saturated rings. The highest BCUT2D eigenvalue weighted by Crippen LogP contribution is 2.16. The van der Waals surface area contributed by atoms with Gasteiger partial charge in [0, 0.05) is 33.7 Å². The third kappa shape index (κ3) is 4.19. The summed E-state index contributed by atoms with van der Waals surface area (Å²) >= 11 is 0. The van der Waals surface area contributed by atoms with Gasteiger partial charge in [-0.2, -0.15) is 0 Å². The Morgan fingerprint density at radius 2 is 1.86 bits per heavy atom. The van der Waals surface area contributed by atoms with Crippen molar-refractivity contribution in [2.45, 2.75) is 19.0 Å². The van der Waals surface area contributed by atoms with Gasteiger partial charge >= 0.3 is 6.03 Å². The Bertz CT molecular complexity index is 516. The van der Waals surface area contributed by atoms with Gasteiger partial charge in [-0.1, -0.05) is 24.3 Å². The Morgan fingerprint density at radius 1 is 1.19 bits per heavy atom. The summed E-state index contributed by atoms with van der Waals surface area (Å²) in [7, 11) is 3.36. The molecule has 0 aromatic heterocycles. The average Bonchev–Trinajstić information content (AvgIpc) is 2.50. The van der Waals surface area contributed by atoms with Crippen LogP contribution in [0.4, 0.5) is 4.79 Å². The van der Waals surface area contributed by atoms with Crippen LogP contribution in [0.25, 0.3) is 0 Å². The van der Waals surface area contributed by atoms with E-state index in [1.54, 1.807) is 14.1 Å². The summed E-state index contributed by atoms with van der Waals surface area (Å²) in [5.41, 5.74) is 2.47. The number of hydrogen-bond donors (Lipinski definition) is 3. The van der Waals surface area contributed by atoms with Crippen LogP contribution in [-0.4, -0.2) is 50.1 Å². The summed E-state index contributed by atoms with van der Waals surface area (Å²) in [6.45, 7) is 1.57. The fourth-order valence-electron chi connectivity index (χ4n) is 2.28. The maximum absolute atomic E-state index is 12.1. The molecule has 0 saturated heterocycles. The molecule has 1 heterocycles. The van der Waals surface area contributed by atoms with Gasteiger partial charge in [-0.25, -0.2) is 4.79 Å². The number of nitrogens with zero attached hydrogens (tertiary/aromatic N) is 1. The normalized spacial score (nSPS) is 16.8. The smallest absolute Gasteiger partial charge is 0.316 e. The van der Waals surface area contributed by atoms with E-state index >= 15 is 0 Å². The third-order valence-electron chi connectivity index (χ3n) is 3.50. The first kappa shape index (κ1) is 15.3. The van der Waals surface area contributed by atoms with Gasteiger partial charge in [0.05, 0.1) is 6.04 Å². The molecule has 1 aliphatic rings. The van der Waals surface area contributed by atoms with Crippen LogP contribution in [-0.2, 0) is 17.8 Å². The van der Waals surface area contributed by atoms with Gasteiger partial charge in [-0.15, -0.1) is 0 Å². The molecule has 1 atom stereocenters. The van der Waals surface area contributed by atoms with Crippen molar-refractivity contribution in [2.24, 2.45) is 0 Å². The van der Waals surface area contributed by atoms with Gasteiger partial charge < -0.3 is 20.9 Å². The molecule has 2 rings (SSSR count). The van der Waals surface area contributed by atoms with Crippen molar-refractivity contribution >= 4 is 11.9 Å². The van der Waals surface area contributed by atoms with E-state index < -0.39 is 0 Å². The minimum absolute atomic E-state index is 0.0244. The number of fused-ring (bicyclic) bond motifs is 1. The average molecular weight is 290 g/mol. The van der Waals surface area contributed by atoms with Crippen LogP contribution in [0.15, 0.2) is 24.3 Å². The summed E-state index contributed by atoms with van der Waals surface area (Å²) in [6, 6.07) is 7.78. The highest BCUT2D eigenvalue weighted by Gasteiger charge is 2.23. The topological polar surface area (TPSA) is 73.5 Å². The number of urea groups is 1. The lowest BCUT2D eigenvalue weighted by Gasteiger charge is -2.25. The molecule has 6 heteroatoms. The van der Waals surface area contributed by atoms with Crippen LogP contribution >= 0.6 is 0 Å². The third-order valence-corrected chi connectivity index (χ3v) is 3.50. The fraction of sp³-hybridized carbons (Fsp3) is 0.467. The molecular formula is C15H22N4O2. The van der Waals surface area contributed by atoms with E-state index in [-0.39, 0.29) is 18.0 Å². The van der Waals surface area contributed by atoms with Crippen molar-refractivity contribution in [3.63, 3.8) is 0 Å². The van der Waals surface area contributed by atoms with Crippen molar-refractivity contribution in [3.8, 4) is 0 Å². The molecule has 3 N–H and O–H groups in total. The van der Waals surface area contributed by atoms with Gasteiger partial charge in [-0.05, 0) is 17.5 Å². The van der Waals surface area contributed by atoms with Crippen LogP contribution in [0.3, 0.4) is 0 Å². The second kappa shape index (κ2) is 7.08. The highest BCUT2D eigenvalue weighted by atomic mass is 16.2. The van der Waals surface area contributed by atoms with Crippen molar-refractivity contribution < 1.29 is 9.59 Å². The van der Waals surface area contributed by atoms with Gasteiger partial charge in [0.25, 0.3) is 0 Å². The van der Waals surface area contributed by atoms with Crippen LogP contribution < -0.4 is 16.0 Å². The van der Waals surface area contributed by atoms with Crippen molar-refractivity contribution in [2.75, 3.05) is 27.2 Å². The lowest BCUT2D eigenvalue weighted by Crippen LogP contribution is -2.49. The zero-order valence-electron chi connectivity index (χ0n) is 12.5. The number of rotatable bonds is 4. The summed E-state index contributed by atoms with van der Waals surface area (Å²) in [5, 5.41) is 8.79. The molecule has 0 aliphatic carbocycles. The van der Waals surface area contributed by atoms with Crippen molar-refractivity contribution in [1.82, 2.24) is 20.9 Å². The van der Waals surface area contributed by atoms with Crippen LogP contribution in [0, 0.1) is 0 Å². The molecule has 0 bridgehead atoms. The minimum atomic E-state index is -0.204. The number of hydrogen-bond acceptors (Lipinski definition) is 3. The van der Waals surface area contributed by atoms with E-state index in [2.05, 4.69) is 28.1 Å². The highest BCUT2D eigenvalue weighted by molar-refractivity contribution is 5.82. The Morgan fingerprint density at radius 3 is 2.57 bits per heavy atom.